The molecule has 4 aromatic rings. The zero-order valence-electron chi connectivity index (χ0n) is 22.2. The number of rotatable bonds is 8. The fourth-order valence-electron chi connectivity index (χ4n) is 4.19. The maximum atomic E-state index is 4.82. The van der Waals surface area contributed by atoms with Crippen molar-refractivity contribution in [2.24, 2.45) is 7.05 Å². The Morgan fingerprint density at radius 3 is 2.31 bits per heavy atom. The van der Waals surface area contributed by atoms with Crippen LogP contribution in [0.2, 0.25) is 0 Å². The van der Waals surface area contributed by atoms with E-state index in [-0.39, 0.29) is 0 Å². The Balaban J connectivity index is 0.000000429. The molecular formula is C30H39N5. The van der Waals surface area contributed by atoms with Gasteiger partial charge in [0.15, 0.2) is 0 Å². The minimum Gasteiger partial charge on any atom is -0.275 e. The zero-order chi connectivity index (χ0) is 25.4. The van der Waals surface area contributed by atoms with Crippen molar-refractivity contribution in [3.05, 3.63) is 84.1 Å². The summed E-state index contributed by atoms with van der Waals surface area (Å²) in [7, 11) is 1.91. The minimum atomic E-state index is 0.931. The summed E-state index contributed by atoms with van der Waals surface area (Å²) in [5, 5.41) is 8.66. The summed E-state index contributed by atoms with van der Waals surface area (Å²) in [4.78, 5) is 4.82. The number of pyridine rings is 2. The number of nitrogens with zero attached hydrogens (tertiary/aromatic N) is 5. The number of aromatic nitrogens is 5. The number of fused-ring (bicyclic) bond motifs is 1. The number of aryl methyl sites for hydroxylation is 2. The Morgan fingerprint density at radius 2 is 1.74 bits per heavy atom. The first kappa shape index (κ1) is 26.1. The monoisotopic (exact) mass is 469 g/mol. The van der Waals surface area contributed by atoms with Gasteiger partial charge in [-0.1, -0.05) is 64.7 Å². The predicted molar refractivity (Wildman–Crippen MR) is 148 cm³/mol. The summed E-state index contributed by atoms with van der Waals surface area (Å²) in [6.45, 7) is 14.7. The Morgan fingerprint density at radius 1 is 1.00 bits per heavy atom. The van der Waals surface area contributed by atoms with E-state index in [0.29, 0.717) is 0 Å². The topological polar surface area (TPSA) is 48.0 Å². The number of unbranched alkanes of at least 4 members (excludes halogenated alkanes) is 4. The fourth-order valence-corrected chi connectivity index (χ4v) is 4.19. The van der Waals surface area contributed by atoms with Gasteiger partial charge in [0.05, 0.1) is 23.6 Å². The molecule has 0 amide bonds. The largest absolute Gasteiger partial charge is 0.275 e. The second kappa shape index (κ2) is 12.3. The van der Waals surface area contributed by atoms with Crippen LogP contribution in [0.3, 0.4) is 0 Å². The van der Waals surface area contributed by atoms with Crippen molar-refractivity contribution < 1.29 is 0 Å². The quantitative estimate of drug-likeness (QED) is 0.246. The van der Waals surface area contributed by atoms with Gasteiger partial charge in [0, 0.05) is 41.8 Å². The van der Waals surface area contributed by atoms with E-state index < -0.39 is 0 Å². The van der Waals surface area contributed by atoms with Crippen molar-refractivity contribution in [3.63, 3.8) is 0 Å². The van der Waals surface area contributed by atoms with Crippen LogP contribution in [0.1, 0.15) is 82.2 Å². The molecule has 5 nitrogen and oxygen atoms in total. The molecule has 0 fully saturated rings. The Kier molecular flexibility index (Phi) is 9.18. The van der Waals surface area contributed by atoms with Gasteiger partial charge in [-0.15, -0.1) is 0 Å². The van der Waals surface area contributed by atoms with Gasteiger partial charge >= 0.3 is 0 Å². The van der Waals surface area contributed by atoms with Crippen LogP contribution in [0.5, 0.6) is 0 Å². The van der Waals surface area contributed by atoms with Crippen molar-refractivity contribution in [2.45, 2.75) is 66.7 Å². The molecule has 0 aromatic carbocycles. The third-order valence-electron chi connectivity index (χ3n) is 6.16. The van der Waals surface area contributed by atoms with Crippen LogP contribution in [0, 0.1) is 6.92 Å². The fraction of sp³-hybridized carbons (Fsp3) is 0.367. The molecule has 0 saturated carbocycles. The van der Waals surface area contributed by atoms with Crippen LogP contribution in [0.4, 0.5) is 0 Å². The Hall–Kier alpha value is -3.47. The van der Waals surface area contributed by atoms with Gasteiger partial charge in [0.25, 0.3) is 0 Å². The first-order chi connectivity index (χ1) is 16.9. The molecule has 35 heavy (non-hydrogen) atoms. The van der Waals surface area contributed by atoms with E-state index in [1.54, 1.807) is 4.68 Å². The van der Waals surface area contributed by atoms with Crippen molar-refractivity contribution in [1.29, 1.82) is 0 Å². The standard InChI is InChI=1S/C23H23N5.C7H16/c1-6-19(17-9-10-28-23(11-17)21(13-25-28)15(2)3)20-7-8-22(26-16(20)4)18-12-24-27(5)14-18;1-3-5-7-6-4-2/h6-14H,2H2,1,3-5H3;3-7H2,1-2H3/b19-6-;. The smallest absolute Gasteiger partial charge is 0.0742 e. The highest BCUT2D eigenvalue weighted by molar-refractivity contribution is 5.85. The molecule has 184 valence electrons. The normalized spacial score (nSPS) is 11.4. The summed E-state index contributed by atoms with van der Waals surface area (Å²) < 4.78 is 3.68. The molecule has 0 atom stereocenters. The van der Waals surface area contributed by atoms with Gasteiger partial charge in [0.2, 0.25) is 0 Å². The maximum Gasteiger partial charge on any atom is 0.0742 e. The average Bonchev–Trinajstić information content (AvgIpc) is 3.47. The molecule has 0 aliphatic heterocycles. The van der Waals surface area contributed by atoms with E-state index in [4.69, 9.17) is 4.98 Å². The van der Waals surface area contributed by atoms with Gasteiger partial charge in [-0.05, 0) is 55.7 Å². The van der Waals surface area contributed by atoms with Crippen LogP contribution in [0.15, 0.2) is 61.7 Å². The van der Waals surface area contributed by atoms with Gasteiger partial charge < -0.3 is 0 Å². The van der Waals surface area contributed by atoms with E-state index in [1.807, 2.05) is 43.3 Å². The van der Waals surface area contributed by atoms with Gasteiger partial charge in [0.1, 0.15) is 0 Å². The molecule has 0 bridgehead atoms. The van der Waals surface area contributed by atoms with Gasteiger partial charge in [-0.25, -0.2) is 4.52 Å². The van der Waals surface area contributed by atoms with Gasteiger partial charge in [-0.3, -0.25) is 9.67 Å². The van der Waals surface area contributed by atoms with Crippen LogP contribution < -0.4 is 0 Å². The van der Waals surface area contributed by atoms with Crippen LogP contribution in [-0.2, 0) is 7.05 Å². The SMILES string of the molecule is C=C(C)c1cnn2ccc(/C(=C/C)c3ccc(-c4cnn(C)c4)nc3C)cc12.CCCCCCC. The Bertz CT molecular complexity index is 1300. The lowest BCUT2D eigenvalue weighted by Crippen LogP contribution is -1.97. The number of hydrogen-bond acceptors (Lipinski definition) is 3. The molecule has 0 radical (unpaired) electrons. The third-order valence-corrected chi connectivity index (χ3v) is 6.16. The summed E-state index contributed by atoms with van der Waals surface area (Å²) >= 11 is 0. The third kappa shape index (κ3) is 6.36. The summed E-state index contributed by atoms with van der Waals surface area (Å²) in [5.74, 6) is 0. The summed E-state index contributed by atoms with van der Waals surface area (Å²) in [5.41, 5.74) is 9.48. The van der Waals surface area contributed by atoms with E-state index in [9.17, 15) is 0 Å². The molecule has 4 heterocycles. The van der Waals surface area contributed by atoms with Crippen molar-refractivity contribution in [1.82, 2.24) is 24.4 Å². The van der Waals surface area contributed by atoms with Crippen molar-refractivity contribution >= 4 is 16.7 Å². The summed E-state index contributed by atoms with van der Waals surface area (Å²) in [6.07, 6.45) is 16.8. The highest BCUT2D eigenvalue weighted by atomic mass is 15.2. The van der Waals surface area contributed by atoms with Crippen LogP contribution >= 0.6 is 0 Å². The maximum absolute atomic E-state index is 4.82. The van der Waals surface area contributed by atoms with Gasteiger partial charge in [-0.2, -0.15) is 10.2 Å². The Labute approximate surface area is 210 Å². The van der Waals surface area contributed by atoms with Crippen molar-refractivity contribution in [2.75, 3.05) is 0 Å². The summed E-state index contributed by atoms with van der Waals surface area (Å²) in [6, 6.07) is 8.45. The molecule has 0 aliphatic rings. The van der Waals surface area contributed by atoms with Crippen LogP contribution in [-0.4, -0.2) is 24.4 Å². The first-order valence-electron chi connectivity index (χ1n) is 12.7. The number of hydrogen-bond donors (Lipinski definition) is 0. The molecule has 0 spiro atoms. The molecular weight excluding hydrogens is 430 g/mol. The number of allylic oxidation sites excluding steroid dienone is 2. The molecule has 0 saturated heterocycles. The van der Waals surface area contributed by atoms with E-state index in [1.165, 1.54) is 32.1 Å². The lowest BCUT2D eigenvalue weighted by molar-refractivity contribution is 0.656. The molecule has 4 aromatic heterocycles. The second-order valence-electron chi connectivity index (χ2n) is 9.08. The highest BCUT2D eigenvalue weighted by Gasteiger charge is 2.13. The minimum absolute atomic E-state index is 0.931. The molecule has 0 aliphatic carbocycles. The molecule has 0 unspecified atom stereocenters. The van der Waals surface area contributed by atoms with E-state index in [2.05, 4.69) is 74.8 Å². The molecule has 5 heteroatoms. The average molecular weight is 470 g/mol. The lowest BCUT2D eigenvalue weighted by Gasteiger charge is -2.12. The lowest BCUT2D eigenvalue weighted by atomic mass is 9.96. The predicted octanol–water partition coefficient (Wildman–Crippen LogP) is 7.90. The molecule has 4 rings (SSSR count). The highest BCUT2D eigenvalue weighted by Crippen LogP contribution is 2.29. The van der Waals surface area contributed by atoms with E-state index >= 15 is 0 Å². The van der Waals surface area contributed by atoms with Crippen LogP contribution in [0.25, 0.3) is 27.9 Å². The second-order valence-corrected chi connectivity index (χ2v) is 9.08. The molecule has 0 N–H and O–H groups in total. The van der Waals surface area contributed by atoms with Crippen molar-refractivity contribution in [3.8, 4) is 11.3 Å². The zero-order valence-corrected chi connectivity index (χ0v) is 22.2. The van der Waals surface area contributed by atoms with E-state index in [0.717, 1.165) is 50.3 Å². The first-order valence-corrected chi connectivity index (χ1v) is 12.7.